The number of H-pyrrole nitrogens is 2. The molecule has 102 valence electrons. The van der Waals surface area contributed by atoms with Crippen molar-refractivity contribution in [2.75, 3.05) is 0 Å². The Morgan fingerprint density at radius 2 is 1.22 bits per heavy atom. The van der Waals surface area contributed by atoms with Crippen LogP contribution in [0.5, 0.6) is 0 Å². The van der Waals surface area contributed by atoms with Crippen molar-refractivity contribution in [3.63, 3.8) is 0 Å². The fourth-order valence-corrected chi connectivity index (χ4v) is 1.07. The van der Waals surface area contributed by atoms with Crippen molar-refractivity contribution < 1.29 is 9.13 Å². The molecule has 0 bridgehead atoms. The van der Waals surface area contributed by atoms with Crippen molar-refractivity contribution >= 4 is 76.6 Å². The Balaban J connectivity index is 0.000000253. The van der Waals surface area contributed by atoms with Crippen molar-refractivity contribution in [2.24, 2.45) is 14.1 Å². The molecule has 0 amide bonds. The van der Waals surface area contributed by atoms with Crippen LogP contribution < -0.4 is 9.13 Å². The van der Waals surface area contributed by atoms with E-state index in [9.17, 15) is 0 Å². The van der Waals surface area contributed by atoms with Gasteiger partial charge in [-0.1, -0.05) is 25.3 Å². The second-order valence-electron chi connectivity index (χ2n) is 2.98. The molecule has 0 aliphatic carbocycles. The van der Waals surface area contributed by atoms with Crippen LogP contribution in [0.25, 0.3) is 0 Å². The van der Waals surface area contributed by atoms with Gasteiger partial charge in [0.25, 0.3) is 0 Å². The number of hydrogen-bond acceptors (Lipinski definition) is 2. The van der Waals surface area contributed by atoms with E-state index in [-0.39, 0.29) is 0 Å². The first-order chi connectivity index (χ1) is 8.34. The molecule has 0 spiro atoms. The fraction of sp³-hybridized carbons (Fsp3) is 0.250. The summed E-state index contributed by atoms with van der Waals surface area (Å²) in [6, 6.07) is 0. The van der Waals surface area contributed by atoms with Crippen molar-refractivity contribution in [1.82, 2.24) is 9.97 Å². The van der Waals surface area contributed by atoms with E-state index in [1.165, 1.54) is 0 Å². The molecule has 0 saturated heterocycles. The van der Waals surface area contributed by atoms with Gasteiger partial charge < -0.3 is 0 Å². The first kappa shape index (κ1) is 19.4. The summed E-state index contributed by atoms with van der Waals surface area (Å²) in [5.41, 5.74) is 0. The number of aromatic amines is 2. The summed E-state index contributed by atoms with van der Waals surface area (Å²) in [4.78, 5) is 5.79. The molecule has 2 aromatic heterocycles. The summed E-state index contributed by atoms with van der Waals surface area (Å²) < 4.78 is 3.78. The molecule has 0 aliphatic rings. The van der Waals surface area contributed by atoms with Crippen LogP contribution in [-0.2, 0) is 14.1 Å². The van der Waals surface area contributed by atoms with Crippen molar-refractivity contribution in [3.05, 3.63) is 24.8 Å². The Kier molecular flexibility index (Phi) is 12.0. The number of thiol groups is 2. The quantitative estimate of drug-likeness (QED) is 0.188. The average molecular weight is 679 g/mol. The van der Waals surface area contributed by atoms with Gasteiger partial charge >= 0.3 is 61.7 Å². The number of imidazole rings is 2. The average Bonchev–Trinajstić information content (AvgIpc) is 2.79. The molecule has 0 aliphatic heterocycles. The summed E-state index contributed by atoms with van der Waals surface area (Å²) in [6.07, 6.45) is 7.48. The standard InChI is InChI=1S/2C4H6N2S.Bi.3BrH/c2*1-6-3-2-5-4(6)7;;;;/h2*2-3H,1H3,(H,5,7);;3*1H/q;;+3;;;/p-1. The van der Waals surface area contributed by atoms with Crippen molar-refractivity contribution in [1.29, 1.82) is 0 Å². The first-order valence-corrected chi connectivity index (χ1v) is 28.1. The maximum atomic E-state index is 4.06. The predicted octanol–water partition coefficient (Wildman–Crippen LogP) is 2.41. The van der Waals surface area contributed by atoms with Gasteiger partial charge in [-0.25, -0.2) is 19.1 Å². The van der Waals surface area contributed by atoms with Crippen molar-refractivity contribution in [2.45, 2.75) is 10.3 Å². The summed E-state index contributed by atoms with van der Waals surface area (Å²) >= 11 is 16.9. The van der Waals surface area contributed by atoms with Crippen LogP contribution in [0.1, 0.15) is 0 Å². The third kappa shape index (κ3) is 10.3. The number of hydrogen-bond donors (Lipinski definition) is 4. The van der Waals surface area contributed by atoms with Gasteiger partial charge in [0.15, 0.2) is 0 Å². The van der Waals surface area contributed by atoms with Gasteiger partial charge in [-0.3, -0.25) is 0 Å². The molecule has 0 radical (unpaired) electrons. The molecule has 0 aromatic carbocycles. The first-order valence-electron chi connectivity index (χ1n) is 4.56. The van der Waals surface area contributed by atoms with Crippen LogP contribution in [0.3, 0.4) is 0 Å². The second-order valence-corrected chi connectivity index (χ2v) is 49.0. The van der Waals surface area contributed by atoms with E-state index in [1.807, 2.05) is 48.0 Å². The zero-order valence-corrected chi connectivity index (χ0v) is 19.7. The number of aromatic nitrogens is 4. The van der Waals surface area contributed by atoms with Gasteiger partial charge in [0.1, 0.15) is 24.8 Å². The van der Waals surface area contributed by atoms with Crippen LogP contribution in [0.4, 0.5) is 0 Å². The predicted molar refractivity (Wildman–Crippen MR) is 91.0 cm³/mol. The molecule has 0 unspecified atom stereocenters. The normalized spacial score (nSPS) is 9.33. The Morgan fingerprint density at radius 3 is 1.28 bits per heavy atom. The third-order valence-electron chi connectivity index (χ3n) is 1.69. The van der Waals surface area contributed by atoms with Crippen LogP contribution in [0, 0.1) is 0 Å². The number of nitrogens with one attached hydrogen (secondary N) is 2. The van der Waals surface area contributed by atoms with E-state index < -0.39 is 14.7 Å². The minimum absolute atomic E-state index is 0.875. The van der Waals surface area contributed by atoms with Crippen LogP contribution >= 0.6 is 61.9 Å². The van der Waals surface area contributed by atoms with Gasteiger partial charge in [-0.05, 0) is 0 Å². The third-order valence-corrected chi connectivity index (χ3v) is 2.58. The van der Waals surface area contributed by atoms with E-state index in [1.54, 1.807) is 0 Å². The molecule has 4 nitrogen and oxygen atoms in total. The Morgan fingerprint density at radius 1 is 0.944 bits per heavy atom. The molecule has 0 atom stereocenters. The molecule has 0 fully saturated rings. The molecule has 0 saturated carbocycles. The SMILES string of the molecule is C[n+]1cc[nH]c1S.C[n+]1cc[nH]c1S.[Br][Bi]([Br])[Br]. The zero-order valence-electron chi connectivity index (χ0n) is 9.68. The van der Waals surface area contributed by atoms with E-state index in [4.69, 9.17) is 0 Å². The van der Waals surface area contributed by atoms with Gasteiger partial charge in [-0.15, -0.1) is 0 Å². The van der Waals surface area contributed by atoms with Gasteiger partial charge in [0, 0.05) is 0 Å². The zero-order chi connectivity index (χ0) is 14.1. The van der Waals surface area contributed by atoms with Gasteiger partial charge in [0.2, 0.25) is 0 Å². The van der Waals surface area contributed by atoms with Crippen molar-refractivity contribution in [3.8, 4) is 0 Å². The molecule has 10 heteroatoms. The van der Waals surface area contributed by atoms with E-state index in [0.29, 0.717) is 0 Å². The Hall–Kier alpha value is 1.44. The van der Waals surface area contributed by atoms with Crippen LogP contribution in [-0.4, -0.2) is 24.7 Å². The van der Waals surface area contributed by atoms with Gasteiger partial charge in [-0.2, -0.15) is 0 Å². The summed E-state index contributed by atoms with van der Waals surface area (Å²) in [6.45, 7) is 0. The number of nitrogens with zero attached hydrogens (tertiary/aromatic N) is 2. The molecular formula is C8H14BiBr3N4S2+2. The Labute approximate surface area is 143 Å². The molecule has 2 rings (SSSR count). The second kappa shape index (κ2) is 11.1. The fourth-order valence-electron chi connectivity index (χ4n) is 0.792. The number of halogens is 3. The number of aryl methyl sites for hydroxylation is 2. The van der Waals surface area contributed by atoms with E-state index in [2.05, 4.69) is 71.9 Å². The molecule has 18 heavy (non-hydrogen) atoms. The van der Waals surface area contributed by atoms with E-state index >= 15 is 0 Å². The summed E-state index contributed by atoms with van der Waals surface area (Å²) in [7, 11) is 3.86. The van der Waals surface area contributed by atoms with Crippen LogP contribution in [0.2, 0.25) is 0 Å². The molecule has 2 N–H and O–H groups in total. The van der Waals surface area contributed by atoms with Crippen LogP contribution in [0.15, 0.2) is 35.1 Å². The Bertz CT molecular complexity index is 375. The topological polar surface area (TPSA) is 39.3 Å². The summed E-state index contributed by atoms with van der Waals surface area (Å²) in [5.74, 6) is 0. The summed E-state index contributed by atoms with van der Waals surface area (Å²) in [5, 5.41) is 1.75. The maximum absolute atomic E-state index is 4.06. The van der Waals surface area contributed by atoms with E-state index in [0.717, 1.165) is 10.3 Å². The molecular weight excluding hydrogens is 665 g/mol. The molecule has 2 heterocycles. The van der Waals surface area contributed by atoms with Gasteiger partial charge in [0.05, 0.1) is 14.1 Å². The minimum atomic E-state index is -1.16. The molecule has 2 aromatic rings. The number of rotatable bonds is 0. The monoisotopic (exact) mass is 676 g/mol.